The van der Waals surface area contributed by atoms with E-state index in [1.807, 2.05) is 58.0 Å². The molecule has 4 aliphatic rings. The second kappa shape index (κ2) is 17.4. The zero-order valence-corrected chi connectivity index (χ0v) is 32.9. The molecule has 14 heteroatoms. The number of rotatable bonds is 15. The van der Waals surface area contributed by atoms with Gasteiger partial charge in [-0.1, -0.05) is 88.9 Å². The number of hydrogen-bond donors (Lipinski definition) is 3. The maximum atomic E-state index is 15.0. The van der Waals surface area contributed by atoms with Crippen molar-refractivity contribution in [2.75, 3.05) is 6.54 Å². The van der Waals surface area contributed by atoms with Crippen LogP contribution < -0.4 is 16.0 Å². The number of likely N-dealkylation sites (tertiary alicyclic amines) is 1. The number of carbonyl (C=O) groups excluding carboxylic acids is 6. The summed E-state index contributed by atoms with van der Waals surface area (Å²) in [5.41, 5.74) is -0.149. The van der Waals surface area contributed by atoms with E-state index in [9.17, 15) is 28.8 Å². The van der Waals surface area contributed by atoms with Crippen LogP contribution in [0.25, 0.3) is 0 Å². The molecule has 14 nitrogen and oxygen atoms in total. The van der Waals surface area contributed by atoms with Crippen molar-refractivity contribution >= 4 is 40.9 Å². The molecule has 1 spiro atoms. The fourth-order valence-corrected chi connectivity index (χ4v) is 8.20. The predicted octanol–water partition coefficient (Wildman–Crippen LogP) is 4.07. The molecule has 2 aliphatic carbocycles. The lowest BCUT2D eigenvalue weighted by molar-refractivity contribution is -0.146. The molecular weight excluding hydrogens is 715 g/mol. The smallest absolute Gasteiger partial charge is 0.289 e. The number of aromatic nitrogens is 2. The van der Waals surface area contributed by atoms with Crippen LogP contribution in [0.1, 0.15) is 121 Å². The number of nitrogens with one attached hydrogen (secondary N) is 3. The molecule has 5 atom stereocenters. The van der Waals surface area contributed by atoms with Gasteiger partial charge in [-0.2, -0.15) is 0 Å². The highest BCUT2D eigenvalue weighted by atomic mass is 16.7. The summed E-state index contributed by atoms with van der Waals surface area (Å²) in [6.07, 6.45) is 11.5. The predicted molar refractivity (Wildman–Crippen MR) is 207 cm³/mol. The minimum absolute atomic E-state index is 0.00201. The summed E-state index contributed by atoms with van der Waals surface area (Å²) in [5.74, 6) is -4.00. The molecule has 3 N–H and O–H groups in total. The second-order valence-corrected chi connectivity index (χ2v) is 17.0. The van der Waals surface area contributed by atoms with E-state index in [0.29, 0.717) is 18.6 Å². The average Bonchev–Trinajstić information content (AvgIpc) is 3.79. The van der Waals surface area contributed by atoms with Crippen LogP contribution in [0.3, 0.4) is 0 Å². The molecular formula is C42H55N7O7. The van der Waals surface area contributed by atoms with E-state index >= 15 is 0 Å². The average molecular weight is 770 g/mol. The van der Waals surface area contributed by atoms with Crippen molar-refractivity contribution in [3.63, 3.8) is 0 Å². The van der Waals surface area contributed by atoms with E-state index in [-0.39, 0.29) is 49.2 Å². The van der Waals surface area contributed by atoms with Gasteiger partial charge in [0.1, 0.15) is 17.8 Å². The lowest BCUT2D eigenvalue weighted by Crippen LogP contribution is -2.60. The summed E-state index contributed by atoms with van der Waals surface area (Å²) >= 11 is 0. The van der Waals surface area contributed by atoms with Crippen LogP contribution in [-0.4, -0.2) is 92.1 Å². The van der Waals surface area contributed by atoms with Gasteiger partial charge in [0.25, 0.3) is 5.91 Å². The normalized spacial score (nSPS) is 22.7. The van der Waals surface area contributed by atoms with Crippen molar-refractivity contribution in [1.29, 1.82) is 0 Å². The molecule has 2 aliphatic heterocycles. The van der Waals surface area contributed by atoms with Gasteiger partial charge < -0.3 is 25.7 Å². The van der Waals surface area contributed by atoms with Crippen molar-refractivity contribution in [2.45, 2.75) is 135 Å². The molecule has 2 saturated carbocycles. The number of benzene rings is 1. The highest BCUT2D eigenvalue weighted by Crippen LogP contribution is 2.40. The first-order valence-corrected chi connectivity index (χ1v) is 20.1. The van der Waals surface area contributed by atoms with Crippen LogP contribution in [0.5, 0.6) is 0 Å². The van der Waals surface area contributed by atoms with Crippen LogP contribution in [0.2, 0.25) is 0 Å². The van der Waals surface area contributed by atoms with Crippen LogP contribution >= 0.6 is 0 Å². The van der Waals surface area contributed by atoms with E-state index < -0.39 is 64.5 Å². The van der Waals surface area contributed by atoms with Gasteiger partial charge in [-0.3, -0.25) is 33.8 Å². The highest BCUT2D eigenvalue weighted by Gasteiger charge is 2.56. The molecule has 4 amide bonds. The minimum atomic E-state index is -1.10. The molecule has 1 aromatic heterocycles. The van der Waals surface area contributed by atoms with Gasteiger partial charge in [0.05, 0.1) is 24.5 Å². The molecule has 0 radical (unpaired) electrons. The number of nitrogens with zero attached hydrogens (tertiary/aromatic N) is 4. The number of amides is 4. The van der Waals surface area contributed by atoms with Crippen molar-refractivity contribution in [3.05, 3.63) is 60.2 Å². The lowest BCUT2D eigenvalue weighted by atomic mass is 9.76. The third kappa shape index (κ3) is 9.67. The number of ketones is 2. The van der Waals surface area contributed by atoms with E-state index in [0.717, 1.165) is 50.5 Å². The first-order valence-electron chi connectivity index (χ1n) is 20.1. The van der Waals surface area contributed by atoms with Gasteiger partial charge in [0, 0.05) is 43.6 Å². The Balaban J connectivity index is 1.27. The standard InChI is InChI=1S/C42H55N7O7/c1-5-12-30(35(51)39(54)45-28-17-18-28)46-38(53)33-23-42(22-31(48-56-42)27-15-10-7-11-16-27)25-49(33)40(55)36(41(2,3)4)47-37(52)29(26-13-8-6-9-14-26)21-34(50)32-24-43-19-20-44-32/h7,10-11,15-16,19-20,24,26,28-30,33,36H,5-6,8-9,12-14,17-18,21-23,25H2,1-4H3,(H,45,54)(H,46,53)(H,47,52)/t29-,30-,33-,36+,42+/m0/s1. The van der Waals surface area contributed by atoms with Crippen molar-refractivity contribution in [2.24, 2.45) is 22.4 Å². The van der Waals surface area contributed by atoms with Gasteiger partial charge in [-0.05, 0) is 49.0 Å². The summed E-state index contributed by atoms with van der Waals surface area (Å²) < 4.78 is 0. The summed E-state index contributed by atoms with van der Waals surface area (Å²) in [6, 6.07) is 6.22. The Hall–Kier alpha value is -5.01. The molecule has 2 aromatic rings. The summed E-state index contributed by atoms with van der Waals surface area (Å²) in [6.45, 7) is 7.38. The Bertz CT molecular complexity index is 1800. The Labute approximate surface area is 328 Å². The number of Topliss-reactive ketones (excluding diaryl/α,β-unsaturated/α-hetero) is 2. The Kier molecular flexibility index (Phi) is 12.6. The molecule has 3 fully saturated rings. The highest BCUT2D eigenvalue weighted by molar-refractivity contribution is 6.38. The Morgan fingerprint density at radius 3 is 2.34 bits per heavy atom. The van der Waals surface area contributed by atoms with Gasteiger partial charge in [-0.15, -0.1) is 0 Å². The van der Waals surface area contributed by atoms with Crippen LogP contribution in [0, 0.1) is 17.3 Å². The zero-order chi connectivity index (χ0) is 40.0. The monoisotopic (exact) mass is 769 g/mol. The first-order chi connectivity index (χ1) is 26.8. The zero-order valence-electron chi connectivity index (χ0n) is 32.9. The molecule has 1 saturated heterocycles. The summed E-state index contributed by atoms with van der Waals surface area (Å²) in [5, 5.41) is 13.0. The summed E-state index contributed by atoms with van der Waals surface area (Å²) in [4.78, 5) is 99.0. The van der Waals surface area contributed by atoms with Crippen molar-refractivity contribution in [1.82, 2.24) is 30.8 Å². The molecule has 3 heterocycles. The van der Waals surface area contributed by atoms with Gasteiger partial charge in [-0.25, -0.2) is 4.98 Å². The first kappa shape index (κ1) is 40.6. The summed E-state index contributed by atoms with van der Waals surface area (Å²) in [7, 11) is 0. The fourth-order valence-electron chi connectivity index (χ4n) is 8.20. The quantitative estimate of drug-likeness (QED) is 0.177. The van der Waals surface area contributed by atoms with E-state index in [1.165, 1.54) is 23.5 Å². The maximum Gasteiger partial charge on any atom is 0.289 e. The topological polar surface area (TPSA) is 189 Å². The lowest BCUT2D eigenvalue weighted by Gasteiger charge is -2.37. The SMILES string of the molecule is CCC[C@H](NC(=O)[C@@H]1C[C@]2(CC(c3ccccc3)=NO2)CN1C(=O)[C@@H](NC(=O)[C@@H](CC(=O)c1cnccn1)C1CCCCC1)C(C)(C)C)C(=O)C(=O)NC1CC1. The minimum Gasteiger partial charge on any atom is -0.387 e. The molecule has 300 valence electrons. The molecule has 56 heavy (non-hydrogen) atoms. The van der Waals surface area contributed by atoms with Crippen molar-refractivity contribution in [3.8, 4) is 0 Å². The third-order valence-electron chi connectivity index (χ3n) is 11.5. The second-order valence-electron chi connectivity index (χ2n) is 17.0. The van der Waals surface area contributed by atoms with Crippen LogP contribution in [0.15, 0.2) is 54.1 Å². The van der Waals surface area contributed by atoms with Crippen LogP contribution in [-0.2, 0) is 28.8 Å². The fraction of sp³-hybridized carbons (Fsp3) is 0.595. The third-order valence-corrected chi connectivity index (χ3v) is 11.5. The molecule has 6 rings (SSSR count). The van der Waals surface area contributed by atoms with Gasteiger partial charge >= 0.3 is 0 Å². The molecule has 0 unspecified atom stereocenters. The van der Waals surface area contributed by atoms with Crippen molar-refractivity contribution < 1.29 is 33.6 Å². The largest absolute Gasteiger partial charge is 0.387 e. The number of carbonyl (C=O) groups is 6. The Morgan fingerprint density at radius 1 is 0.964 bits per heavy atom. The van der Waals surface area contributed by atoms with Crippen LogP contribution in [0.4, 0.5) is 0 Å². The number of hydrogen-bond acceptors (Lipinski definition) is 10. The number of oxime groups is 1. The van der Waals surface area contributed by atoms with E-state index in [1.54, 1.807) is 0 Å². The van der Waals surface area contributed by atoms with Gasteiger partial charge in [0.2, 0.25) is 23.5 Å². The molecule has 0 bridgehead atoms. The molecule has 1 aromatic carbocycles. The Morgan fingerprint density at radius 2 is 1.70 bits per heavy atom. The maximum absolute atomic E-state index is 15.0. The van der Waals surface area contributed by atoms with Gasteiger partial charge in [0.15, 0.2) is 11.4 Å². The van der Waals surface area contributed by atoms with E-state index in [2.05, 4.69) is 31.1 Å². The van der Waals surface area contributed by atoms with E-state index in [4.69, 9.17) is 4.84 Å².